The average Bonchev–Trinajstić information content (AvgIpc) is 2.86. The summed E-state index contributed by atoms with van der Waals surface area (Å²) in [6, 6.07) is 8.43. The first kappa shape index (κ1) is 22.2. The number of nitrogens with zero attached hydrogens (tertiary/aromatic N) is 4. The van der Waals surface area contributed by atoms with Crippen LogP contribution in [0.25, 0.3) is 0 Å². The molecule has 0 spiro atoms. The van der Waals surface area contributed by atoms with E-state index in [0.29, 0.717) is 30.0 Å². The number of carbonyl (C=O) groups excluding carboxylic acids is 1. The number of hydrogen-bond acceptors (Lipinski definition) is 5. The number of fused-ring (bicyclic) bond motifs is 1. The molecule has 2 aliphatic heterocycles. The van der Waals surface area contributed by atoms with E-state index in [-0.39, 0.29) is 24.1 Å². The highest BCUT2D eigenvalue weighted by Crippen LogP contribution is 2.33. The fraction of sp³-hybridized carbons (Fsp3) is 0.320. The summed E-state index contributed by atoms with van der Waals surface area (Å²) in [6.45, 7) is 2.21. The van der Waals surface area contributed by atoms with Crippen molar-refractivity contribution in [3.8, 4) is 11.6 Å². The van der Waals surface area contributed by atoms with Gasteiger partial charge < -0.3 is 14.5 Å². The van der Waals surface area contributed by atoms with Gasteiger partial charge in [-0.05, 0) is 55.7 Å². The molecule has 1 amide bonds. The number of piperidine rings is 1. The summed E-state index contributed by atoms with van der Waals surface area (Å²) < 4.78 is 46.9. The second-order valence-corrected chi connectivity index (χ2v) is 8.46. The summed E-state index contributed by atoms with van der Waals surface area (Å²) in [5.74, 6) is -1.74. The zero-order chi connectivity index (χ0) is 23.7. The van der Waals surface area contributed by atoms with Gasteiger partial charge in [0.2, 0.25) is 11.8 Å². The largest absolute Gasteiger partial charge is 0.435 e. The first-order valence-corrected chi connectivity index (χ1v) is 11.3. The number of ether oxygens (including phenoxy) is 1. The van der Waals surface area contributed by atoms with Crippen molar-refractivity contribution in [2.45, 2.75) is 32.2 Å². The van der Waals surface area contributed by atoms with Gasteiger partial charge in [0.05, 0.1) is 17.8 Å². The van der Waals surface area contributed by atoms with Gasteiger partial charge in [0, 0.05) is 37.7 Å². The molecule has 6 nitrogen and oxygen atoms in total. The van der Waals surface area contributed by atoms with E-state index in [9.17, 15) is 18.0 Å². The van der Waals surface area contributed by atoms with Crippen LogP contribution in [-0.4, -0.2) is 40.4 Å². The predicted octanol–water partition coefficient (Wildman–Crippen LogP) is 4.88. The lowest BCUT2D eigenvalue weighted by atomic mass is 10.0. The van der Waals surface area contributed by atoms with Gasteiger partial charge in [0.25, 0.3) is 5.91 Å². The Morgan fingerprint density at radius 2 is 1.62 bits per heavy atom. The fourth-order valence-electron chi connectivity index (χ4n) is 4.30. The maximum Gasteiger partial charge on any atom is 0.254 e. The second kappa shape index (κ2) is 9.32. The zero-order valence-corrected chi connectivity index (χ0v) is 18.4. The predicted molar refractivity (Wildman–Crippen MR) is 119 cm³/mol. The minimum Gasteiger partial charge on any atom is -0.435 e. The van der Waals surface area contributed by atoms with Crippen LogP contribution in [-0.2, 0) is 13.0 Å². The molecule has 2 aromatic carbocycles. The van der Waals surface area contributed by atoms with Crippen molar-refractivity contribution >= 4 is 11.9 Å². The van der Waals surface area contributed by atoms with Gasteiger partial charge >= 0.3 is 0 Å². The minimum atomic E-state index is -0.845. The number of anilines is 1. The number of hydrogen-bond donors (Lipinski definition) is 0. The Morgan fingerprint density at radius 3 is 2.35 bits per heavy atom. The highest BCUT2D eigenvalue weighted by molar-refractivity contribution is 5.94. The number of carbonyl (C=O) groups is 1. The standard InChI is InChI=1S/C25H23F3N4O2/c26-17-6-4-16(5-7-17)24(33)32-13-10-21-19(15-32)23(34-22-9-8-18(27)14-20(22)28)30-25(29-21)31-11-2-1-3-12-31/h4-9,14H,1-3,10-13,15H2. The molecule has 0 unspecified atom stereocenters. The molecule has 3 heterocycles. The molecule has 3 aromatic rings. The molecule has 0 saturated carbocycles. The van der Waals surface area contributed by atoms with Crippen molar-refractivity contribution in [3.63, 3.8) is 0 Å². The molecule has 0 atom stereocenters. The Kier molecular flexibility index (Phi) is 6.08. The maximum atomic E-state index is 14.4. The fourth-order valence-corrected chi connectivity index (χ4v) is 4.30. The molecule has 0 radical (unpaired) electrons. The molecule has 176 valence electrons. The van der Waals surface area contributed by atoms with E-state index in [2.05, 4.69) is 9.88 Å². The number of aromatic nitrogens is 2. The molecular weight excluding hydrogens is 445 g/mol. The lowest BCUT2D eigenvalue weighted by Gasteiger charge is -2.32. The van der Waals surface area contributed by atoms with E-state index in [1.165, 1.54) is 30.3 Å². The van der Waals surface area contributed by atoms with Crippen LogP contribution in [0.4, 0.5) is 19.1 Å². The third-order valence-electron chi connectivity index (χ3n) is 6.13. The number of halogens is 3. The van der Waals surface area contributed by atoms with Crippen LogP contribution >= 0.6 is 0 Å². The monoisotopic (exact) mass is 468 g/mol. The molecule has 1 fully saturated rings. The van der Waals surface area contributed by atoms with Crippen molar-refractivity contribution in [3.05, 3.63) is 76.7 Å². The number of rotatable bonds is 4. The van der Waals surface area contributed by atoms with Crippen LogP contribution < -0.4 is 9.64 Å². The molecule has 9 heteroatoms. The van der Waals surface area contributed by atoms with Crippen LogP contribution in [0.3, 0.4) is 0 Å². The van der Waals surface area contributed by atoms with E-state index >= 15 is 0 Å². The van der Waals surface area contributed by atoms with Gasteiger partial charge in [0.15, 0.2) is 11.6 Å². The smallest absolute Gasteiger partial charge is 0.254 e. The Labute approximate surface area is 195 Å². The molecule has 0 N–H and O–H groups in total. The third-order valence-corrected chi connectivity index (χ3v) is 6.13. The molecule has 2 aliphatic rings. The lowest BCUT2D eigenvalue weighted by Crippen LogP contribution is -2.37. The number of amides is 1. The zero-order valence-electron chi connectivity index (χ0n) is 18.4. The third kappa shape index (κ3) is 4.55. The maximum absolute atomic E-state index is 14.4. The highest BCUT2D eigenvalue weighted by Gasteiger charge is 2.29. The van der Waals surface area contributed by atoms with Crippen LogP contribution in [0.2, 0.25) is 0 Å². The van der Waals surface area contributed by atoms with Crippen molar-refractivity contribution in [1.82, 2.24) is 14.9 Å². The van der Waals surface area contributed by atoms with Crippen LogP contribution in [0.5, 0.6) is 11.6 Å². The minimum absolute atomic E-state index is 0.146. The van der Waals surface area contributed by atoms with Crippen LogP contribution in [0, 0.1) is 17.5 Å². The van der Waals surface area contributed by atoms with Gasteiger partial charge in [0.1, 0.15) is 11.6 Å². The van der Waals surface area contributed by atoms with Gasteiger partial charge in [-0.15, -0.1) is 0 Å². The van der Waals surface area contributed by atoms with Crippen LogP contribution in [0.1, 0.15) is 40.9 Å². The Balaban J connectivity index is 1.49. The average molecular weight is 468 g/mol. The quantitative estimate of drug-likeness (QED) is 0.547. The molecule has 1 aromatic heterocycles. The first-order valence-electron chi connectivity index (χ1n) is 11.3. The highest BCUT2D eigenvalue weighted by atomic mass is 19.1. The van der Waals surface area contributed by atoms with E-state index < -0.39 is 17.5 Å². The van der Waals surface area contributed by atoms with Crippen LogP contribution in [0.15, 0.2) is 42.5 Å². The summed E-state index contributed by atoms with van der Waals surface area (Å²) in [5, 5.41) is 0. The molecule has 5 rings (SSSR count). The van der Waals surface area contributed by atoms with Gasteiger partial charge in [-0.3, -0.25) is 4.79 Å². The molecule has 0 aliphatic carbocycles. The Bertz CT molecular complexity index is 1210. The van der Waals surface area contributed by atoms with E-state index in [1.54, 1.807) is 4.90 Å². The van der Waals surface area contributed by atoms with E-state index in [4.69, 9.17) is 9.72 Å². The molecule has 34 heavy (non-hydrogen) atoms. The van der Waals surface area contributed by atoms with Crippen molar-refractivity contribution in [2.75, 3.05) is 24.5 Å². The molecule has 0 bridgehead atoms. The first-order chi connectivity index (χ1) is 16.5. The van der Waals surface area contributed by atoms with Gasteiger partial charge in [-0.2, -0.15) is 4.98 Å². The number of benzene rings is 2. The van der Waals surface area contributed by atoms with Crippen molar-refractivity contribution in [1.29, 1.82) is 0 Å². The SMILES string of the molecule is O=C(c1ccc(F)cc1)N1CCc2nc(N3CCCCC3)nc(Oc3ccc(F)cc3F)c2C1. The molecule has 1 saturated heterocycles. The summed E-state index contributed by atoms with van der Waals surface area (Å²) in [6.07, 6.45) is 3.67. The Morgan fingerprint density at radius 1 is 0.882 bits per heavy atom. The normalized spacial score (nSPS) is 15.7. The van der Waals surface area contributed by atoms with Crippen molar-refractivity contribution in [2.24, 2.45) is 0 Å². The summed E-state index contributed by atoms with van der Waals surface area (Å²) in [5.41, 5.74) is 1.67. The van der Waals surface area contributed by atoms with E-state index in [1.807, 2.05) is 0 Å². The lowest BCUT2D eigenvalue weighted by molar-refractivity contribution is 0.0731. The Hall–Kier alpha value is -3.62. The van der Waals surface area contributed by atoms with Gasteiger partial charge in [-0.1, -0.05) is 0 Å². The second-order valence-electron chi connectivity index (χ2n) is 8.46. The summed E-state index contributed by atoms with van der Waals surface area (Å²) in [4.78, 5) is 26.0. The summed E-state index contributed by atoms with van der Waals surface area (Å²) >= 11 is 0. The summed E-state index contributed by atoms with van der Waals surface area (Å²) in [7, 11) is 0. The molecular formula is C25H23F3N4O2. The topological polar surface area (TPSA) is 58.6 Å². The van der Waals surface area contributed by atoms with E-state index in [0.717, 1.165) is 50.2 Å². The van der Waals surface area contributed by atoms with Gasteiger partial charge in [-0.25, -0.2) is 18.2 Å². The van der Waals surface area contributed by atoms with Crippen molar-refractivity contribution < 1.29 is 22.7 Å².